The second-order valence-electron chi connectivity index (χ2n) is 6.08. The lowest BCUT2D eigenvalue weighted by Crippen LogP contribution is -2.54. The normalized spacial score (nSPS) is 20.0. The lowest BCUT2D eigenvalue weighted by Gasteiger charge is -2.42. The largest absolute Gasteiger partial charge is 0.494 e. The Morgan fingerprint density at radius 3 is 2.75 bits per heavy atom. The Morgan fingerprint density at radius 1 is 1.50 bits per heavy atom. The molecule has 0 bridgehead atoms. The van der Waals surface area contributed by atoms with Crippen LogP contribution in [0.2, 0.25) is 0 Å². The van der Waals surface area contributed by atoms with E-state index in [1.807, 2.05) is 11.8 Å². The zero-order chi connectivity index (χ0) is 17.9. The van der Waals surface area contributed by atoms with E-state index in [0.717, 1.165) is 12.5 Å². The number of ether oxygens (including phenoxy) is 1. The van der Waals surface area contributed by atoms with Crippen molar-refractivity contribution in [2.24, 2.45) is 0 Å². The highest BCUT2D eigenvalue weighted by molar-refractivity contribution is 5.66. The minimum absolute atomic E-state index is 0.00458. The second kappa shape index (κ2) is 7.76. The van der Waals surface area contributed by atoms with E-state index in [2.05, 4.69) is 4.90 Å². The first kappa shape index (κ1) is 18.4. The molecule has 1 aliphatic heterocycles. The predicted molar refractivity (Wildman–Crippen MR) is 89.2 cm³/mol. The number of aliphatic hydroxyl groups excluding tert-OH is 1. The minimum atomic E-state index is -0.743. The van der Waals surface area contributed by atoms with Gasteiger partial charge in [-0.2, -0.15) is 0 Å². The van der Waals surface area contributed by atoms with E-state index in [1.165, 1.54) is 13.2 Å². The maximum absolute atomic E-state index is 13.8. The quantitative estimate of drug-likeness (QED) is 0.630. The average Bonchev–Trinajstić information content (AvgIpc) is 2.54. The molecule has 1 aromatic carbocycles. The van der Waals surface area contributed by atoms with Crippen LogP contribution in [0, 0.1) is 15.9 Å². The molecule has 0 aliphatic carbocycles. The van der Waals surface area contributed by atoms with Crippen LogP contribution in [0.5, 0.6) is 5.75 Å². The molecular weight excluding hydrogens is 317 g/mol. The third kappa shape index (κ3) is 3.93. The lowest BCUT2D eigenvalue weighted by molar-refractivity contribution is -0.384. The van der Waals surface area contributed by atoms with Gasteiger partial charge in [0.1, 0.15) is 5.69 Å². The fourth-order valence-corrected chi connectivity index (χ4v) is 3.17. The number of aliphatic hydroxyl groups is 1. The van der Waals surface area contributed by atoms with Gasteiger partial charge in [-0.25, -0.2) is 4.39 Å². The summed E-state index contributed by atoms with van der Waals surface area (Å²) >= 11 is 0. The SMILES string of the molecule is CCC1CN(c2cc(OC)c(F)cc2[N+](=O)[O-])CCN1CC(C)O. The highest BCUT2D eigenvalue weighted by Crippen LogP contribution is 2.35. The van der Waals surface area contributed by atoms with E-state index in [4.69, 9.17) is 4.74 Å². The van der Waals surface area contributed by atoms with Gasteiger partial charge in [-0.15, -0.1) is 0 Å². The van der Waals surface area contributed by atoms with Gasteiger partial charge in [0, 0.05) is 38.3 Å². The summed E-state index contributed by atoms with van der Waals surface area (Å²) in [5, 5.41) is 20.9. The number of β-amino-alcohol motifs (C(OH)–C–C–N with tert-alkyl or cyclic N) is 1. The van der Waals surface area contributed by atoms with Crippen molar-refractivity contribution in [3.05, 3.63) is 28.1 Å². The zero-order valence-corrected chi connectivity index (χ0v) is 14.2. The first-order valence-corrected chi connectivity index (χ1v) is 8.06. The summed E-state index contributed by atoms with van der Waals surface area (Å²) in [5.74, 6) is -0.747. The van der Waals surface area contributed by atoms with Crippen LogP contribution in [-0.4, -0.2) is 60.4 Å². The number of methoxy groups -OCH3 is 1. The molecule has 1 N–H and O–H groups in total. The van der Waals surface area contributed by atoms with Gasteiger partial charge in [-0.05, 0) is 13.3 Å². The van der Waals surface area contributed by atoms with Gasteiger partial charge >= 0.3 is 0 Å². The van der Waals surface area contributed by atoms with Gasteiger partial charge in [0.2, 0.25) is 0 Å². The van der Waals surface area contributed by atoms with Gasteiger partial charge in [-0.1, -0.05) is 6.92 Å². The Morgan fingerprint density at radius 2 is 2.21 bits per heavy atom. The first-order chi connectivity index (χ1) is 11.4. The number of piperazine rings is 1. The minimum Gasteiger partial charge on any atom is -0.494 e. The summed E-state index contributed by atoms with van der Waals surface area (Å²) in [6.07, 6.45) is 0.431. The summed E-state index contributed by atoms with van der Waals surface area (Å²) in [4.78, 5) is 14.8. The Labute approximate surface area is 140 Å². The number of hydrogen-bond acceptors (Lipinski definition) is 6. The van der Waals surface area contributed by atoms with Gasteiger partial charge < -0.3 is 14.7 Å². The highest BCUT2D eigenvalue weighted by Gasteiger charge is 2.31. The zero-order valence-electron chi connectivity index (χ0n) is 14.2. The van der Waals surface area contributed by atoms with Crippen LogP contribution in [0.15, 0.2) is 12.1 Å². The molecule has 7 nitrogen and oxygen atoms in total. The van der Waals surface area contributed by atoms with Crippen LogP contribution >= 0.6 is 0 Å². The van der Waals surface area contributed by atoms with Crippen LogP contribution in [0.25, 0.3) is 0 Å². The second-order valence-corrected chi connectivity index (χ2v) is 6.08. The van der Waals surface area contributed by atoms with E-state index in [0.29, 0.717) is 31.9 Å². The molecule has 1 saturated heterocycles. The number of nitro groups is 1. The van der Waals surface area contributed by atoms with E-state index in [-0.39, 0.29) is 17.5 Å². The van der Waals surface area contributed by atoms with E-state index >= 15 is 0 Å². The first-order valence-electron chi connectivity index (χ1n) is 8.06. The Kier molecular flexibility index (Phi) is 5.95. The molecule has 24 heavy (non-hydrogen) atoms. The molecular formula is C16H24FN3O4. The van der Waals surface area contributed by atoms with E-state index < -0.39 is 16.8 Å². The predicted octanol–water partition coefficient (Wildman–Crippen LogP) is 2.02. The van der Waals surface area contributed by atoms with E-state index in [9.17, 15) is 19.6 Å². The van der Waals surface area contributed by atoms with Crippen molar-refractivity contribution in [2.45, 2.75) is 32.4 Å². The van der Waals surface area contributed by atoms with Gasteiger partial charge in [0.05, 0.1) is 24.2 Å². The molecule has 0 radical (unpaired) electrons. The third-order valence-electron chi connectivity index (χ3n) is 4.36. The van der Waals surface area contributed by atoms with Crippen molar-refractivity contribution in [2.75, 3.05) is 38.2 Å². The van der Waals surface area contributed by atoms with Crippen molar-refractivity contribution < 1.29 is 19.2 Å². The standard InChI is InChI=1S/C16H24FN3O4/c1-4-12-10-19(6-5-18(12)9-11(2)21)14-8-16(24-3)13(17)7-15(14)20(22)23/h7-8,11-12,21H,4-6,9-10H2,1-3H3. The Bertz CT molecular complexity index is 597. The fourth-order valence-electron chi connectivity index (χ4n) is 3.17. The summed E-state index contributed by atoms with van der Waals surface area (Å²) in [6.45, 7) is 6.19. The van der Waals surface area contributed by atoms with Gasteiger partial charge in [0.25, 0.3) is 5.69 Å². The van der Waals surface area contributed by atoms with Crippen molar-refractivity contribution in [1.29, 1.82) is 0 Å². The van der Waals surface area contributed by atoms with Crippen LogP contribution in [0.3, 0.4) is 0 Å². The molecule has 0 aromatic heterocycles. The number of anilines is 1. The maximum Gasteiger partial charge on any atom is 0.295 e. The molecule has 1 heterocycles. The summed E-state index contributed by atoms with van der Waals surface area (Å²) in [6, 6.07) is 2.48. The number of rotatable bonds is 6. The topological polar surface area (TPSA) is 79.1 Å². The smallest absolute Gasteiger partial charge is 0.295 e. The molecule has 2 rings (SSSR count). The number of nitro benzene ring substituents is 1. The number of nitrogens with zero attached hydrogens (tertiary/aromatic N) is 3. The average molecular weight is 341 g/mol. The molecule has 1 fully saturated rings. The summed E-state index contributed by atoms with van der Waals surface area (Å²) < 4.78 is 18.8. The summed E-state index contributed by atoms with van der Waals surface area (Å²) in [5.41, 5.74) is 0.112. The van der Waals surface area contributed by atoms with Crippen LogP contribution in [0.1, 0.15) is 20.3 Å². The highest BCUT2D eigenvalue weighted by atomic mass is 19.1. The third-order valence-corrected chi connectivity index (χ3v) is 4.36. The monoisotopic (exact) mass is 341 g/mol. The van der Waals surface area contributed by atoms with Gasteiger partial charge in [0.15, 0.2) is 11.6 Å². The Balaban J connectivity index is 2.30. The van der Waals surface area contributed by atoms with Crippen molar-refractivity contribution >= 4 is 11.4 Å². The molecule has 0 amide bonds. The number of benzene rings is 1. The van der Waals surface area contributed by atoms with Gasteiger partial charge in [-0.3, -0.25) is 15.0 Å². The number of hydrogen-bond donors (Lipinski definition) is 1. The molecule has 2 atom stereocenters. The molecule has 1 aromatic rings. The summed E-state index contributed by atoms with van der Waals surface area (Å²) in [7, 11) is 1.34. The molecule has 0 saturated carbocycles. The molecule has 8 heteroatoms. The number of halogens is 1. The molecule has 2 unspecified atom stereocenters. The van der Waals surface area contributed by atoms with E-state index in [1.54, 1.807) is 6.92 Å². The molecule has 1 aliphatic rings. The van der Waals surface area contributed by atoms with Crippen LogP contribution < -0.4 is 9.64 Å². The fraction of sp³-hybridized carbons (Fsp3) is 0.625. The maximum atomic E-state index is 13.8. The van der Waals surface area contributed by atoms with Crippen molar-refractivity contribution in [3.63, 3.8) is 0 Å². The molecule has 134 valence electrons. The lowest BCUT2D eigenvalue weighted by atomic mass is 10.1. The van der Waals surface area contributed by atoms with Crippen molar-refractivity contribution in [1.82, 2.24) is 4.90 Å². The van der Waals surface area contributed by atoms with Crippen molar-refractivity contribution in [3.8, 4) is 5.75 Å². The Hall–Kier alpha value is -1.93. The molecule has 0 spiro atoms. The van der Waals surface area contributed by atoms with Crippen LogP contribution in [0.4, 0.5) is 15.8 Å². The van der Waals surface area contributed by atoms with Crippen LogP contribution in [-0.2, 0) is 0 Å².